The molecule has 1 heterocycles. The number of carbonyl (C=O) groups is 2. The molecule has 0 bridgehead atoms. The highest BCUT2D eigenvalue weighted by atomic mass is 35.5. The number of hydrogen-bond donors (Lipinski definition) is 1. The van der Waals surface area contributed by atoms with Gasteiger partial charge in [0.05, 0.1) is 12.1 Å². The summed E-state index contributed by atoms with van der Waals surface area (Å²) in [5.74, 6) is -0.864. The van der Waals surface area contributed by atoms with E-state index in [-0.39, 0.29) is 12.2 Å². The summed E-state index contributed by atoms with van der Waals surface area (Å²) >= 11 is 5.98. The van der Waals surface area contributed by atoms with E-state index in [1.807, 2.05) is 30.3 Å². The summed E-state index contributed by atoms with van der Waals surface area (Å²) in [7, 11) is 1.57. The third kappa shape index (κ3) is 2.86. The van der Waals surface area contributed by atoms with E-state index in [1.165, 1.54) is 17.0 Å². The van der Waals surface area contributed by atoms with E-state index in [1.54, 1.807) is 25.3 Å². The Morgan fingerprint density at radius 3 is 2.67 bits per heavy atom. The Balaban J connectivity index is 1.86. The van der Waals surface area contributed by atoms with Gasteiger partial charge in [-0.2, -0.15) is 0 Å². The van der Waals surface area contributed by atoms with Crippen LogP contribution in [0.4, 0.5) is 5.69 Å². The van der Waals surface area contributed by atoms with Crippen molar-refractivity contribution in [1.82, 2.24) is 0 Å². The molecule has 1 amide bonds. The molecule has 0 saturated heterocycles. The highest BCUT2D eigenvalue weighted by Crippen LogP contribution is 2.42. The van der Waals surface area contributed by atoms with E-state index in [0.717, 1.165) is 5.56 Å². The van der Waals surface area contributed by atoms with Crippen molar-refractivity contribution in [3.63, 3.8) is 0 Å². The van der Waals surface area contributed by atoms with Gasteiger partial charge in [-0.3, -0.25) is 9.59 Å². The maximum Gasteiger partial charge on any atom is 0.263 e. The SMILES string of the molecule is CN1C(=O)C(O)(CC(=O)C=Cc2ccccc2)c2cc(Cl)ccc21. The Kier molecular flexibility index (Phi) is 4.26. The average Bonchev–Trinajstić information content (AvgIpc) is 2.75. The molecule has 0 aromatic heterocycles. The number of aliphatic hydroxyl groups is 1. The van der Waals surface area contributed by atoms with Crippen molar-refractivity contribution >= 4 is 35.1 Å². The fourth-order valence-electron chi connectivity index (χ4n) is 2.87. The van der Waals surface area contributed by atoms with Crippen LogP contribution in [0.2, 0.25) is 5.02 Å². The van der Waals surface area contributed by atoms with Gasteiger partial charge in [0, 0.05) is 17.6 Å². The van der Waals surface area contributed by atoms with Crippen LogP contribution in [0.5, 0.6) is 0 Å². The second-order valence-corrected chi connectivity index (χ2v) is 6.21. The van der Waals surface area contributed by atoms with Gasteiger partial charge in [-0.1, -0.05) is 48.0 Å². The zero-order chi connectivity index (χ0) is 17.3. The van der Waals surface area contributed by atoms with E-state index >= 15 is 0 Å². The first-order valence-electron chi connectivity index (χ1n) is 7.48. The van der Waals surface area contributed by atoms with Crippen LogP contribution >= 0.6 is 11.6 Å². The van der Waals surface area contributed by atoms with Crippen molar-refractivity contribution < 1.29 is 14.7 Å². The Morgan fingerprint density at radius 2 is 1.96 bits per heavy atom. The lowest BCUT2D eigenvalue weighted by Crippen LogP contribution is -2.40. The molecule has 2 aromatic carbocycles. The molecule has 0 fully saturated rings. The van der Waals surface area contributed by atoms with E-state index in [9.17, 15) is 14.7 Å². The van der Waals surface area contributed by atoms with Gasteiger partial charge < -0.3 is 10.0 Å². The molecule has 1 aliphatic rings. The summed E-state index contributed by atoms with van der Waals surface area (Å²) < 4.78 is 0. The predicted molar refractivity (Wildman–Crippen MR) is 93.9 cm³/mol. The van der Waals surface area contributed by atoms with Crippen LogP contribution in [-0.4, -0.2) is 23.8 Å². The van der Waals surface area contributed by atoms with Crippen molar-refractivity contribution in [3.8, 4) is 0 Å². The summed E-state index contributed by atoms with van der Waals surface area (Å²) in [5.41, 5.74) is -0.0838. The van der Waals surface area contributed by atoms with Gasteiger partial charge in [-0.25, -0.2) is 0 Å². The summed E-state index contributed by atoms with van der Waals surface area (Å²) in [5, 5.41) is 11.3. The normalized spacial score (nSPS) is 19.8. The average molecular weight is 342 g/mol. The Bertz CT molecular complexity index is 832. The Hall–Kier alpha value is -2.43. The van der Waals surface area contributed by atoms with Gasteiger partial charge in [0.25, 0.3) is 5.91 Å². The highest BCUT2D eigenvalue weighted by Gasteiger charge is 2.49. The predicted octanol–water partition coefficient (Wildman–Crippen LogP) is 3.18. The van der Waals surface area contributed by atoms with Crippen LogP contribution < -0.4 is 4.90 Å². The van der Waals surface area contributed by atoms with E-state index in [4.69, 9.17) is 11.6 Å². The fraction of sp³-hybridized carbons (Fsp3) is 0.158. The zero-order valence-electron chi connectivity index (χ0n) is 13.1. The lowest BCUT2D eigenvalue weighted by Gasteiger charge is -2.20. The third-order valence-electron chi connectivity index (χ3n) is 4.12. The number of anilines is 1. The number of nitrogens with zero attached hydrogens (tertiary/aromatic N) is 1. The number of likely N-dealkylation sites (N-methyl/N-ethyl adjacent to an activating group) is 1. The molecule has 4 nitrogen and oxygen atoms in total. The van der Waals surface area contributed by atoms with E-state index in [0.29, 0.717) is 16.3 Å². The quantitative estimate of drug-likeness (QED) is 0.869. The van der Waals surface area contributed by atoms with Crippen LogP contribution in [0.3, 0.4) is 0 Å². The monoisotopic (exact) mass is 341 g/mol. The molecule has 1 N–H and O–H groups in total. The largest absolute Gasteiger partial charge is 0.375 e. The number of rotatable bonds is 4. The molecule has 1 atom stereocenters. The fourth-order valence-corrected chi connectivity index (χ4v) is 3.04. The Morgan fingerprint density at radius 1 is 1.25 bits per heavy atom. The summed E-state index contributed by atoms with van der Waals surface area (Å²) in [6.45, 7) is 0. The highest BCUT2D eigenvalue weighted by molar-refractivity contribution is 6.31. The number of ketones is 1. The maximum atomic E-state index is 12.5. The van der Waals surface area contributed by atoms with Crippen LogP contribution in [0.25, 0.3) is 6.08 Å². The third-order valence-corrected chi connectivity index (χ3v) is 4.35. The molecule has 0 radical (unpaired) electrons. The standard InChI is InChI=1S/C19H16ClNO3/c1-21-17-10-8-14(20)11-16(17)19(24,18(21)23)12-15(22)9-7-13-5-3-2-4-6-13/h2-11,24H,12H2,1H3. The van der Waals surface area contributed by atoms with Gasteiger partial charge in [-0.15, -0.1) is 0 Å². The molecule has 1 unspecified atom stereocenters. The van der Waals surface area contributed by atoms with E-state index < -0.39 is 11.5 Å². The van der Waals surface area contributed by atoms with Gasteiger partial charge in [0.2, 0.25) is 0 Å². The smallest absolute Gasteiger partial charge is 0.263 e. The van der Waals surface area contributed by atoms with Gasteiger partial charge in [-0.05, 0) is 29.8 Å². The summed E-state index contributed by atoms with van der Waals surface area (Å²) in [6.07, 6.45) is 2.71. The minimum atomic E-state index is -1.88. The van der Waals surface area contributed by atoms with Crippen molar-refractivity contribution in [2.75, 3.05) is 11.9 Å². The number of halogens is 1. The number of benzene rings is 2. The number of fused-ring (bicyclic) bond motifs is 1. The van der Waals surface area contributed by atoms with Crippen molar-refractivity contribution in [2.24, 2.45) is 0 Å². The molecule has 24 heavy (non-hydrogen) atoms. The van der Waals surface area contributed by atoms with E-state index in [2.05, 4.69) is 0 Å². The molecule has 5 heteroatoms. The lowest BCUT2D eigenvalue weighted by atomic mass is 9.89. The number of amides is 1. The second-order valence-electron chi connectivity index (χ2n) is 5.77. The summed E-state index contributed by atoms with van der Waals surface area (Å²) in [4.78, 5) is 26.1. The molecule has 0 spiro atoms. The van der Waals surface area contributed by atoms with Gasteiger partial charge in [0.1, 0.15) is 0 Å². The topological polar surface area (TPSA) is 57.6 Å². The molecule has 122 valence electrons. The molecule has 1 aliphatic heterocycles. The van der Waals surface area contributed by atoms with Crippen LogP contribution in [0.15, 0.2) is 54.6 Å². The molecule has 3 rings (SSSR count). The minimum Gasteiger partial charge on any atom is -0.375 e. The first-order chi connectivity index (χ1) is 11.4. The summed E-state index contributed by atoms with van der Waals surface area (Å²) in [6, 6.07) is 14.2. The zero-order valence-corrected chi connectivity index (χ0v) is 13.8. The van der Waals surface area contributed by atoms with Crippen molar-refractivity contribution in [3.05, 3.63) is 70.8 Å². The van der Waals surface area contributed by atoms with Crippen molar-refractivity contribution in [2.45, 2.75) is 12.0 Å². The van der Waals surface area contributed by atoms with Gasteiger partial charge in [0.15, 0.2) is 11.4 Å². The second kappa shape index (κ2) is 6.23. The lowest BCUT2D eigenvalue weighted by molar-refractivity contribution is -0.140. The van der Waals surface area contributed by atoms with Crippen LogP contribution in [-0.2, 0) is 15.2 Å². The first-order valence-corrected chi connectivity index (χ1v) is 7.86. The first kappa shape index (κ1) is 16.4. The van der Waals surface area contributed by atoms with Crippen molar-refractivity contribution in [1.29, 1.82) is 0 Å². The molecule has 0 aliphatic carbocycles. The minimum absolute atomic E-state index is 0.327. The van der Waals surface area contributed by atoms with Crippen LogP contribution in [0.1, 0.15) is 17.5 Å². The van der Waals surface area contributed by atoms with Crippen LogP contribution in [0, 0.1) is 0 Å². The number of allylic oxidation sites excluding steroid dienone is 1. The number of carbonyl (C=O) groups excluding carboxylic acids is 2. The molecule has 2 aromatic rings. The molecule has 0 saturated carbocycles. The Labute approximate surface area is 145 Å². The molecular formula is C19H16ClNO3. The number of hydrogen-bond acceptors (Lipinski definition) is 3. The van der Waals surface area contributed by atoms with Gasteiger partial charge >= 0.3 is 0 Å². The molecular weight excluding hydrogens is 326 g/mol. The maximum absolute atomic E-state index is 12.5.